The van der Waals surface area contributed by atoms with E-state index in [1.807, 2.05) is 0 Å². The van der Waals surface area contributed by atoms with Crippen molar-refractivity contribution in [1.82, 2.24) is 0 Å². The van der Waals surface area contributed by atoms with Crippen LogP contribution in [0.3, 0.4) is 0 Å². The second-order valence-electron chi connectivity index (χ2n) is 6.06. The number of primary amides is 1. The van der Waals surface area contributed by atoms with E-state index in [9.17, 15) is 14.4 Å². The second-order valence-corrected chi connectivity index (χ2v) is 7.48. The Morgan fingerprint density at radius 1 is 1.20 bits per heavy atom. The average molecular weight is 449 g/mol. The van der Waals surface area contributed by atoms with E-state index in [0.29, 0.717) is 22.1 Å². The summed E-state index contributed by atoms with van der Waals surface area (Å²) < 4.78 is 15.8. The molecule has 3 aromatic rings. The highest BCUT2D eigenvalue weighted by atomic mass is 35.5. The smallest absolute Gasteiger partial charge is 0.341 e. The highest BCUT2D eigenvalue weighted by Crippen LogP contribution is 2.34. The molecule has 0 aliphatic carbocycles. The van der Waals surface area contributed by atoms with Crippen LogP contribution in [0.15, 0.2) is 40.8 Å². The number of hydrogen-bond acceptors (Lipinski definition) is 7. The molecule has 0 aliphatic rings. The number of nitrogens with one attached hydrogen (secondary N) is 1. The standard InChI is InChI=1S/C20H17ClN2O6S/c1-10-15(20(26)27-2)19(30-16(10)17(22)24)23-18(25)14-8-7-11(29-14)9-28-13-6-4-3-5-12(13)21/h3-8H,9H2,1-2H3,(H2,22,24)(H,23,25). The quantitative estimate of drug-likeness (QED) is 0.526. The molecule has 1 aromatic carbocycles. The Kier molecular flexibility index (Phi) is 6.43. The van der Waals surface area contributed by atoms with Crippen LogP contribution in [0.4, 0.5) is 5.00 Å². The summed E-state index contributed by atoms with van der Waals surface area (Å²) >= 11 is 6.92. The molecule has 0 unspecified atom stereocenters. The van der Waals surface area contributed by atoms with Gasteiger partial charge in [-0.15, -0.1) is 11.3 Å². The van der Waals surface area contributed by atoms with Crippen LogP contribution in [-0.2, 0) is 11.3 Å². The maximum Gasteiger partial charge on any atom is 0.341 e. The molecule has 2 heterocycles. The molecule has 3 rings (SSSR count). The van der Waals surface area contributed by atoms with Gasteiger partial charge in [0.15, 0.2) is 5.76 Å². The highest BCUT2D eigenvalue weighted by molar-refractivity contribution is 7.18. The number of benzene rings is 1. The number of anilines is 1. The molecule has 0 aliphatic heterocycles. The van der Waals surface area contributed by atoms with E-state index < -0.39 is 17.8 Å². The van der Waals surface area contributed by atoms with Crippen molar-refractivity contribution in [2.45, 2.75) is 13.5 Å². The van der Waals surface area contributed by atoms with Gasteiger partial charge in [-0.1, -0.05) is 23.7 Å². The topological polar surface area (TPSA) is 121 Å². The number of furan rings is 1. The number of carbonyl (C=O) groups is 3. The van der Waals surface area contributed by atoms with Crippen LogP contribution in [-0.4, -0.2) is 24.9 Å². The summed E-state index contributed by atoms with van der Waals surface area (Å²) in [5.74, 6) is -1.14. The number of halogens is 1. The summed E-state index contributed by atoms with van der Waals surface area (Å²) in [6, 6.07) is 10.0. The van der Waals surface area contributed by atoms with Gasteiger partial charge >= 0.3 is 5.97 Å². The van der Waals surface area contributed by atoms with Gasteiger partial charge in [-0.2, -0.15) is 0 Å². The number of esters is 1. The summed E-state index contributed by atoms with van der Waals surface area (Å²) in [6.45, 7) is 1.61. The summed E-state index contributed by atoms with van der Waals surface area (Å²) in [4.78, 5) is 36.4. The number of para-hydroxylation sites is 1. The molecule has 0 bridgehead atoms. The van der Waals surface area contributed by atoms with Crippen molar-refractivity contribution in [2.75, 3.05) is 12.4 Å². The zero-order valence-corrected chi connectivity index (χ0v) is 17.6. The van der Waals surface area contributed by atoms with Crippen molar-refractivity contribution in [3.05, 3.63) is 68.9 Å². The molecule has 30 heavy (non-hydrogen) atoms. The van der Waals surface area contributed by atoms with E-state index in [1.165, 1.54) is 13.2 Å². The predicted octanol–water partition coefficient (Wildman–Crippen LogP) is 4.02. The van der Waals surface area contributed by atoms with E-state index in [1.54, 1.807) is 37.3 Å². The normalized spacial score (nSPS) is 10.5. The lowest BCUT2D eigenvalue weighted by Gasteiger charge is -2.06. The van der Waals surface area contributed by atoms with E-state index in [-0.39, 0.29) is 27.8 Å². The lowest BCUT2D eigenvalue weighted by Crippen LogP contribution is -2.14. The maximum atomic E-state index is 12.6. The number of carbonyl (C=O) groups excluding carboxylic acids is 3. The van der Waals surface area contributed by atoms with E-state index >= 15 is 0 Å². The average Bonchev–Trinajstić information content (AvgIpc) is 3.31. The number of methoxy groups -OCH3 is 1. The van der Waals surface area contributed by atoms with Crippen LogP contribution in [0, 0.1) is 6.92 Å². The van der Waals surface area contributed by atoms with Crippen LogP contribution in [0.25, 0.3) is 0 Å². The van der Waals surface area contributed by atoms with Gasteiger partial charge in [0, 0.05) is 0 Å². The first-order valence-electron chi connectivity index (χ1n) is 8.60. The first-order valence-corrected chi connectivity index (χ1v) is 9.80. The van der Waals surface area contributed by atoms with Gasteiger partial charge in [0.1, 0.15) is 23.1 Å². The lowest BCUT2D eigenvalue weighted by molar-refractivity contribution is 0.0601. The molecular formula is C20H17ClN2O6S. The molecule has 3 N–H and O–H groups in total. The van der Waals surface area contributed by atoms with Crippen molar-refractivity contribution >= 4 is 45.7 Å². The van der Waals surface area contributed by atoms with Crippen molar-refractivity contribution in [1.29, 1.82) is 0 Å². The molecule has 2 amide bonds. The molecule has 8 nitrogen and oxygen atoms in total. The molecular weight excluding hydrogens is 432 g/mol. The molecule has 0 saturated carbocycles. The summed E-state index contributed by atoms with van der Waals surface area (Å²) in [6.07, 6.45) is 0. The zero-order chi connectivity index (χ0) is 21.8. The molecule has 0 spiro atoms. The molecule has 0 radical (unpaired) electrons. The minimum Gasteiger partial charge on any atom is -0.484 e. The Balaban J connectivity index is 1.76. The Bertz CT molecular complexity index is 1120. The molecule has 0 saturated heterocycles. The van der Waals surface area contributed by atoms with Crippen LogP contribution >= 0.6 is 22.9 Å². The molecule has 0 atom stereocenters. The molecule has 156 valence electrons. The fourth-order valence-corrected chi connectivity index (χ4v) is 3.87. The van der Waals surface area contributed by atoms with Gasteiger partial charge in [0.2, 0.25) is 0 Å². The van der Waals surface area contributed by atoms with Crippen molar-refractivity contribution in [3.8, 4) is 5.75 Å². The van der Waals surface area contributed by atoms with Gasteiger partial charge in [0.25, 0.3) is 11.8 Å². The molecule has 0 fully saturated rings. The fraction of sp³-hybridized carbons (Fsp3) is 0.150. The Morgan fingerprint density at radius 3 is 2.60 bits per heavy atom. The van der Waals surface area contributed by atoms with Crippen LogP contribution in [0.2, 0.25) is 5.02 Å². The number of nitrogens with two attached hydrogens (primary N) is 1. The van der Waals surface area contributed by atoms with Crippen molar-refractivity contribution in [3.63, 3.8) is 0 Å². The minimum absolute atomic E-state index is 0.00440. The first-order chi connectivity index (χ1) is 14.3. The highest BCUT2D eigenvalue weighted by Gasteiger charge is 2.26. The largest absolute Gasteiger partial charge is 0.484 e. The third-order valence-corrected chi connectivity index (χ3v) is 5.61. The van der Waals surface area contributed by atoms with Crippen molar-refractivity contribution < 1.29 is 28.3 Å². The number of amides is 2. The van der Waals surface area contributed by atoms with Crippen molar-refractivity contribution in [2.24, 2.45) is 5.73 Å². The van der Waals surface area contributed by atoms with Crippen LogP contribution in [0.5, 0.6) is 5.75 Å². The third-order valence-electron chi connectivity index (χ3n) is 4.08. The molecule has 10 heteroatoms. The zero-order valence-electron chi connectivity index (χ0n) is 16.0. The Labute approximate surface area is 180 Å². The monoisotopic (exact) mass is 448 g/mol. The number of thiophene rings is 1. The Hall–Kier alpha value is -3.30. The summed E-state index contributed by atoms with van der Waals surface area (Å²) in [5.41, 5.74) is 5.74. The minimum atomic E-state index is -0.708. The number of rotatable bonds is 7. The maximum absolute atomic E-state index is 12.6. The number of ether oxygens (including phenoxy) is 2. The van der Waals surface area contributed by atoms with Gasteiger partial charge in [-0.05, 0) is 36.8 Å². The predicted molar refractivity (Wildman–Crippen MR) is 111 cm³/mol. The first kappa shape index (κ1) is 21.4. The SMILES string of the molecule is COC(=O)c1c(NC(=O)c2ccc(COc3ccccc3Cl)o2)sc(C(N)=O)c1C. The van der Waals surface area contributed by atoms with Crippen LogP contribution < -0.4 is 15.8 Å². The lowest BCUT2D eigenvalue weighted by atomic mass is 10.1. The second kappa shape index (κ2) is 9.02. The van der Waals surface area contributed by atoms with Gasteiger partial charge in [0.05, 0.1) is 22.6 Å². The van der Waals surface area contributed by atoms with Gasteiger partial charge in [-0.25, -0.2) is 4.79 Å². The molecule has 2 aromatic heterocycles. The Morgan fingerprint density at radius 2 is 1.93 bits per heavy atom. The van der Waals surface area contributed by atoms with Crippen LogP contribution in [0.1, 0.15) is 41.9 Å². The fourth-order valence-electron chi connectivity index (χ4n) is 2.64. The third kappa shape index (κ3) is 4.47. The van der Waals surface area contributed by atoms with E-state index in [4.69, 9.17) is 31.2 Å². The van der Waals surface area contributed by atoms with Gasteiger partial charge < -0.3 is 24.9 Å². The van der Waals surface area contributed by atoms with E-state index in [0.717, 1.165) is 11.3 Å². The van der Waals surface area contributed by atoms with Gasteiger partial charge in [-0.3, -0.25) is 9.59 Å². The number of hydrogen-bond donors (Lipinski definition) is 2. The van der Waals surface area contributed by atoms with E-state index in [2.05, 4.69) is 5.32 Å². The summed E-state index contributed by atoms with van der Waals surface area (Å²) in [7, 11) is 1.20. The summed E-state index contributed by atoms with van der Waals surface area (Å²) in [5, 5.41) is 3.17.